The van der Waals surface area contributed by atoms with Crippen molar-refractivity contribution in [3.8, 4) is 0 Å². The van der Waals surface area contributed by atoms with Crippen molar-refractivity contribution in [2.45, 2.75) is 49.7 Å². The van der Waals surface area contributed by atoms with Crippen molar-refractivity contribution in [1.29, 1.82) is 0 Å². The first-order valence-corrected chi connectivity index (χ1v) is 8.88. The van der Waals surface area contributed by atoms with Gasteiger partial charge in [0, 0.05) is 30.3 Å². The van der Waals surface area contributed by atoms with Crippen molar-refractivity contribution in [2.75, 3.05) is 19.7 Å². The third kappa shape index (κ3) is 1.16. The molecule has 4 fully saturated rings. The highest BCUT2D eigenvalue weighted by Crippen LogP contribution is 2.64. The van der Waals surface area contributed by atoms with E-state index in [0.29, 0.717) is 17.6 Å². The summed E-state index contributed by atoms with van der Waals surface area (Å²) in [6.45, 7) is 3.43. The van der Waals surface area contributed by atoms with Crippen LogP contribution in [-0.4, -0.2) is 42.5 Å². The molecule has 1 aromatic rings. The van der Waals surface area contributed by atoms with E-state index in [0.717, 1.165) is 6.61 Å². The number of aliphatic imine (C=N–C) groups is 1. The minimum absolute atomic E-state index is 0.210. The zero-order valence-electron chi connectivity index (χ0n) is 12.9. The van der Waals surface area contributed by atoms with Gasteiger partial charge in [-0.05, 0) is 50.3 Å². The maximum Gasteiger partial charge on any atom is 0.0671 e. The van der Waals surface area contributed by atoms with Gasteiger partial charge in [0.2, 0.25) is 0 Å². The molecule has 0 N–H and O–H groups in total. The first-order valence-electron chi connectivity index (χ1n) is 8.88. The third-order valence-corrected chi connectivity index (χ3v) is 7.36. The summed E-state index contributed by atoms with van der Waals surface area (Å²) in [7, 11) is 0. The molecule has 6 rings (SSSR count). The summed E-state index contributed by atoms with van der Waals surface area (Å²) in [5.41, 5.74) is 4.85. The summed E-state index contributed by atoms with van der Waals surface area (Å²) < 4.78 is 6.21. The number of ether oxygens (including phenoxy) is 1. The minimum Gasteiger partial charge on any atom is -0.378 e. The molecule has 4 atom stereocenters. The van der Waals surface area contributed by atoms with Gasteiger partial charge < -0.3 is 4.74 Å². The lowest BCUT2D eigenvalue weighted by Crippen LogP contribution is -2.65. The van der Waals surface area contributed by atoms with Gasteiger partial charge >= 0.3 is 0 Å². The molecule has 1 aliphatic carbocycles. The van der Waals surface area contributed by atoms with Crippen LogP contribution in [0.15, 0.2) is 29.3 Å². The molecule has 22 heavy (non-hydrogen) atoms. The van der Waals surface area contributed by atoms with Crippen LogP contribution in [0.25, 0.3) is 0 Å². The van der Waals surface area contributed by atoms with Gasteiger partial charge in [-0.25, -0.2) is 0 Å². The standard InChI is InChI=1S/C19H22N2O/c1-2-4-14-13(3-1)19-8-11-21-10-6-16-18(17(19)21,9-12-22-16)7-5-15(19)20-14/h1-4,16-17H,5-12H2/t16-,17-,18-,19-/m0/s1. The van der Waals surface area contributed by atoms with E-state index in [4.69, 9.17) is 9.73 Å². The Labute approximate surface area is 131 Å². The Kier molecular flexibility index (Phi) is 2.13. The summed E-state index contributed by atoms with van der Waals surface area (Å²) >= 11 is 0. The molecule has 0 aromatic heterocycles. The van der Waals surface area contributed by atoms with Gasteiger partial charge in [-0.2, -0.15) is 0 Å². The summed E-state index contributed by atoms with van der Waals surface area (Å²) in [6.07, 6.45) is 6.73. The number of hydrogen-bond acceptors (Lipinski definition) is 3. The van der Waals surface area contributed by atoms with Crippen molar-refractivity contribution in [1.82, 2.24) is 4.90 Å². The summed E-state index contributed by atoms with van der Waals surface area (Å²) in [5.74, 6) is 0. The van der Waals surface area contributed by atoms with Crippen LogP contribution >= 0.6 is 0 Å². The van der Waals surface area contributed by atoms with Crippen molar-refractivity contribution < 1.29 is 4.74 Å². The van der Waals surface area contributed by atoms with E-state index in [-0.39, 0.29) is 5.41 Å². The Hall–Kier alpha value is -1.19. The second-order valence-corrected chi connectivity index (χ2v) is 7.87. The van der Waals surface area contributed by atoms with E-state index in [9.17, 15) is 0 Å². The van der Waals surface area contributed by atoms with Gasteiger partial charge in [0.25, 0.3) is 0 Å². The molecule has 0 radical (unpaired) electrons. The van der Waals surface area contributed by atoms with E-state index >= 15 is 0 Å². The lowest BCUT2D eigenvalue weighted by molar-refractivity contribution is -0.0635. The highest BCUT2D eigenvalue weighted by molar-refractivity contribution is 6.04. The van der Waals surface area contributed by atoms with Crippen LogP contribution in [0.3, 0.4) is 0 Å². The molecule has 0 amide bonds. The van der Waals surface area contributed by atoms with Gasteiger partial charge in [0.05, 0.1) is 17.2 Å². The van der Waals surface area contributed by atoms with E-state index in [1.807, 2.05) is 0 Å². The van der Waals surface area contributed by atoms with Crippen LogP contribution in [0, 0.1) is 5.41 Å². The van der Waals surface area contributed by atoms with Crippen LogP contribution in [0.1, 0.15) is 37.7 Å². The van der Waals surface area contributed by atoms with E-state index in [2.05, 4.69) is 29.2 Å². The molecule has 3 nitrogen and oxygen atoms in total. The summed E-state index contributed by atoms with van der Waals surface area (Å²) in [4.78, 5) is 7.89. The molecule has 1 aromatic carbocycles. The normalized spacial score (nSPS) is 45.0. The molecule has 4 heterocycles. The Morgan fingerprint density at radius 1 is 1.14 bits per heavy atom. The lowest BCUT2D eigenvalue weighted by Gasteiger charge is -2.56. The topological polar surface area (TPSA) is 24.8 Å². The molecular weight excluding hydrogens is 272 g/mol. The number of fused-ring (bicyclic) bond motifs is 1. The second kappa shape index (κ2) is 3.82. The molecule has 2 spiro atoms. The first-order chi connectivity index (χ1) is 10.8. The van der Waals surface area contributed by atoms with Gasteiger partial charge in [-0.3, -0.25) is 9.89 Å². The fraction of sp³-hybridized carbons (Fsp3) is 0.632. The minimum atomic E-state index is 0.210. The zero-order chi connectivity index (χ0) is 14.4. The van der Waals surface area contributed by atoms with Crippen molar-refractivity contribution in [2.24, 2.45) is 10.4 Å². The molecule has 3 heteroatoms. The quantitative estimate of drug-likeness (QED) is 0.734. The Bertz CT molecular complexity index is 698. The van der Waals surface area contributed by atoms with E-state index in [1.54, 1.807) is 0 Å². The van der Waals surface area contributed by atoms with Crippen LogP contribution in [0.4, 0.5) is 5.69 Å². The number of piperidine rings is 1. The Morgan fingerprint density at radius 3 is 3.09 bits per heavy atom. The molecule has 0 unspecified atom stereocenters. The van der Waals surface area contributed by atoms with Crippen molar-refractivity contribution in [3.05, 3.63) is 29.8 Å². The average molecular weight is 294 g/mol. The predicted octanol–water partition coefficient (Wildman–Crippen LogP) is 3.06. The fourth-order valence-electron chi connectivity index (χ4n) is 6.66. The molecule has 0 bridgehead atoms. The Balaban J connectivity index is 1.61. The summed E-state index contributed by atoms with van der Waals surface area (Å²) in [6, 6.07) is 9.56. The monoisotopic (exact) mass is 294 g/mol. The van der Waals surface area contributed by atoms with Crippen molar-refractivity contribution >= 4 is 11.4 Å². The fourth-order valence-corrected chi connectivity index (χ4v) is 6.66. The molecule has 4 aliphatic heterocycles. The molecule has 5 aliphatic rings. The van der Waals surface area contributed by atoms with Crippen LogP contribution in [0.5, 0.6) is 0 Å². The molecule has 114 valence electrons. The lowest BCUT2D eigenvalue weighted by atomic mass is 9.52. The largest absolute Gasteiger partial charge is 0.378 e. The third-order valence-electron chi connectivity index (χ3n) is 7.36. The SMILES string of the molecule is c1ccc2c(c1)N=C1CC[C@]34CCO[C@H]3CCN3CC[C@@]12[C@@H]34. The summed E-state index contributed by atoms with van der Waals surface area (Å²) in [5, 5.41) is 0. The predicted molar refractivity (Wildman–Crippen MR) is 85.8 cm³/mol. The molecule has 1 saturated carbocycles. The van der Waals surface area contributed by atoms with E-state index in [1.165, 1.54) is 62.2 Å². The van der Waals surface area contributed by atoms with Crippen LogP contribution < -0.4 is 0 Å². The Morgan fingerprint density at radius 2 is 2.09 bits per heavy atom. The maximum atomic E-state index is 6.21. The number of nitrogens with zero attached hydrogens (tertiary/aromatic N) is 2. The molecule has 3 saturated heterocycles. The number of rotatable bonds is 0. The number of para-hydroxylation sites is 1. The molecular formula is C19H22N2O. The second-order valence-electron chi connectivity index (χ2n) is 7.87. The zero-order valence-corrected chi connectivity index (χ0v) is 12.9. The van der Waals surface area contributed by atoms with Crippen molar-refractivity contribution in [3.63, 3.8) is 0 Å². The first kappa shape index (κ1) is 12.3. The van der Waals surface area contributed by atoms with Gasteiger partial charge in [0.15, 0.2) is 0 Å². The van der Waals surface area contributed by atoms with Gasteiger partial charge in [-0.1, -0.05) is 18.2 Å². The number of benzene rings is 1. The highest BCUT2D eigenvalue weighted by Gasteiger charge is 2.68. The maximum absolute atomic E-state index is 6.21. The van der Waals surface area contributed by atoms with Gasteiger partial charge in [0.1, 0.15) is 0 Å². The van der Waals surface area contributed by atoms with Gasteiger partial charge in [-0.15, -0.1) is 0 Å². The van der Waals surface area contributed by atoms with Crippen LogP contribution in [-0.2, 0) is 10.2 Å². The van der Waals surface area contributed by atoms with Crippen LogP contribution in [0.2, 0.25) is 0 Å². The number of hydrogen-bond donors (Lipinski definition) is 0. The van der Waals surface area contributed by atoms with E-state index < -0.39 is 0 Å². The highest BCUT2D eigenvalue weighted by atomic mass is 16.5. The smallest absolute Gasteiger partial charge is 0.0671 e. The average Bonchev–Trinajstić information content (AvgIpc) is 3.22.